The SMILES string of the molecule is C[C@@H]1OC(=O)[C@@H](N)COC[C@H](Cc2ccc(F)cc2)[C@H]1Oc1ccccc1. The van der Waals surface area contributed by atoms with E-state index in [1.165, 1.54) is 12.1 Å². The highest BCUT2D eigenvalue weighted by atomic mass is 19.1. The number of para-hydroxylation sites is 1. The van der Waals surface area contributed by atoms with Crippen molar-refractivity contribution in [2.24, 2.45) is 11.7 Å². The number of cyclic esters (lactones) is 1. The van der Waals surface area contributed by atoms with E-state index in [4.69, 9.17) is 19.9 Å². The van der Waals surface area contributed by atoms with Crippen LogP contribution in [0.15, 0.2) is 54.6 Å². The first-order valence-electron chi connectivity index (χ1n) is 9.03. The summed E-state index contributed by atoms with van der Waals surface area (Å²) in [6, 6.07) is 14.9. The summed E-state index contributed by atoms with van der Waals surface area (Å²) in [6.07, 6.45) is -0.364. The number of nitrogens with two attached hydrogens (primary N) is 1. The van der Waals surface area contributed by atoms with Crippen LogP contribution < -0.4 is 10.5 Å². The molecule has 27 heavy (non-hydrogen) atoms. The molecule has 0 saturated carbocycles. The van der Waals surface area contributed by atoms with Gasteiger partial charge in [-0.1, -0.05) is 30.3 Å². The number of hydrogen-bond donors (Lipinski definition) is 1. The maximum absolute atomic E-state index is 13.2. The third kappa shape index (κ3) is 5.28. The molecule has 0 unspecified atom stereocenters. The molecule has 2 aromatic rings. The lowest BCUT2D eigenvalue weighted by Gasteiger charge is -2.31. The van der Waals surface area contributed by atoms with Gasteiger partial charge in [-0.3, -0.25) is 4.79 Å². The van der Waals surface area contributed by atoms with Crippen molar-refractivity contribution in [1.82, 2.24) is 0 Å². The standard InChI is InChI=1S/C21H24FNO4/c1-14-20(27-18-5-3-2-4-6-18)16(11-15-7-9-17(22)10-8-15)12-25-13-19(23)21(24)26-14/h2-10,14,16,19-20H,11-13,23H2,1H3/t14-,16-,19-,20-/m0/s1. The second kappa shape index (κ2) is 8.97. The number of benzene rings is 2. The Labute approximate surface area is 158 Å². The Morgan fingerprint density at radius 3 is 2.52 bits per heavy atom. The first kappa shape index (κ1) is 19.3. The van der Waals surface area contributed by atoms with Crippen LogP contribution in [0.4, 0.5) is 4.39 Å². The van der Waals surface area contributed by atoms with Gasteiger partial charge < -0.3 is 19.9 Å². The maximum atomic E-state index is 13.2. The van der Waals surface area contributed by atoms with E-state index in [-0.39, 0.29) is 18.3 Å². The minimum absolute atomic E-state index is 0.0868. The molecular formula is C21H24FNO4. The average Bonchev–Trinajstić information content (AvgIpc) is 2.71. The average molecular weight is 373 g/mol. The quantitative estimate of drug-likeness (QED) is 0.835. The first-order valence-corrected chi connectivity index (χ1v) is 9.03. The lowest BCUT2D eigenvalue weighted by Crippen LogP contribution is -2.43. The van der Waals surface area contributed by atoms with Crippen LogP contribution in [-0.2, 0) is 20.7 Å². The van der Waals surface area contributed by atoms with Crippen LogP contribution in [0.1, 0.15) is 12.5 Å². The van der Waals surface area contributed by atoms with Crippen LogP contribution in [0.2, 0.25) is 0 Å². The van der Waals surface area contributed by atoms with Crippen LogP contribution in [0.5, 0.6) is 5.75 Å². The van der Waals surface area contributed by atoms with E-state index in [2.05, 4.69) is 0 Å². The van der Waals surface area contributed by atoms with Gasteiger partial charge >= 0.3 is 5.97 Å². The molecule has 4 atom stereocenters. The molecule has 3 rings (SSSR count). The van der Waals surface area contributed by atoms with E-state index in [0.717, 1.165) is 5.56 Å². The molecule has 1 saturated heterocycles. The van der Waals surface area contributed by atoms with Crippen LogP contribution >= 0.6 is 0 Å². The van der Waals surface area contributed by atoms with Gasteiger partial charge in [-0.25, -0.2) is 4.39 Å². The lowest BCUT2D eigenvalue weighted by molar-refractivity contribution is -0.155. The number of ether oxygens (including phenoxy) is 3. The number of halogens is 1. The topological polar surface area (TPSA) is 70.8 Å². The monoisotopic (exact) mass is 373 g/mol. The zero-order valence-corrected chi connectivity index (χ0v) is 15.2. The molecule has 1 fully saturated rings. The zero-order chi connectivity index (χ0) is 19.2. The van der Waals surface area contributed by atoms with Crippen LogP contribution in [0.25, 0.3) is 0 Å². The van der Waals surface area contributed by atoms with E-state index >= 15 is 0 Å². The third-order valence-corrected chi connectivity index (χ3v) is 4.59. The molecule has 5 nitrogen and oxygen atoms in total. The predicted molar refractivity (Wildman–Crippen MR) is 98.8 cm³/mol. The number of esters is 1. The van der Waals surface area contributed by atoms with E-state index in [9.17, 15) is 9.18 Å². The highest BCUT2D eigenvalue weighted by molar-refractivity contribution is 5.75. The fourth-order valence-electron chi connectivity index (χ4n) is 3.18. The Morgan fingerprint density at radius 1 is 1.11 bits per heavy atom. The Morgan fingerprint density at radius 2 is 1.81 bits per heavy atom. The van der Waals surface area contributed by atoms with E-state index in [1.54, 1.807) is 19.1 Å². The molecule has 144 valence electrons. The van der Waals surface area contributed by atoms with Crippen molar-refractivity contribution in [3.63, 3.8) is 0 Å². The summed E-state index contributed by atoms with van der Waals surface area (Å²) in [6.45, 7) is 2.23. The Bertz CT molecular complexity index is 738. The number of carbonyl (C=O) groups is 1. The van der Waals surface area contributed by atoms with Gasteiger partial charge in [-0.05, 0) is 43.2 Å². The van der Waals surface area contributed by atoms with Gasteiger partial charge in [-0.15, -0.1) is 0 Å². The number of carbonyl (C=O) groups excluding carboxylic acids is 1. The number of rotatable bonds is 4. The summed E-state index contributed by atoms with van der Waals surface area (Å²) in [4.78, 5) is 12.1. The molecule has 2 N–H and O–H groups in total. The van der Waals surface area contributed by atoms with E-state index in [0.29, 0.717) is 18.8 Å². The molecule has 0 bridgehead atoms. The van der Waals surface area contributed by atoms with Crippen molar-refractivity contribution < 1.29 is 23.4 Å². The van der Waals surface area contributed by atoms with Gasteiger partial charge in [0.1, 0.15) is 29.8 Å². The van der Waals surface area contributed by atoms with Crippen molar-refractivity contribution in [1.29, 1.82) is 0 Å². The second-order valence-electron chi connectivity index (χ2n) is 6.77. The van der Waals surface area contributed by atoms with Crippen LogP contribution in [-0.4, -0.2) is 37.4 Å². The molecule has 0 spiro atoms. The molecular weight excluding hydrogens is 349 g/mol. The summed E-state index contributed by atoms with van der Waals surface area (Å²) >= 11 is 0. The summed E-state index contributed by atoms with van der Waals surface area (Å²) in [7, 11) is 0. The van der Waals surface area contributed by atoms with Gasteiger partial charge in [0.15, 0.2) is 0 Å². The highest BCUT2D eigenvalue weighted by Gasteiger charge is 2.35. The largest absolute Gasteiger partial charge is 0.486 e. The van der Waals surface area contributed by atoms with Crippen molar-refractivity contribution in [2.75, 3.05) is 13.2 Å². The Balaban J connectivity index is 1.85. The van der Waals surface area contributed by atoms with Gasteiger partial charge in [0.05, 0.1) is 13.2 Å². The molecule has 1 aliphatic heterocycles. The maximum Gasteiger partial charge on any atom is 0.325 e. The summed E-state index contributed by atoms with van der Waals surface area (Å²) in [5.41, 5.74) is 6.76. The van der Waals surface area contributed by atoms with Crippen LogP contribution in [0.3, 0.4) is 0 Å². The molecule has 0 aromatic heterocycles. The van der Waals surface area contributed by atoms with Gasteiger partial charge in [0.25, 0.3) is 0 Å². The normalized spacial score (nSPS) is 26.4. The fourth-order valence-corrected chi connectivity index (χ4v) is 3.18. The van der Waals surface area contributed by atoms with Crippen molar-refractivity contribution in [3.05, 3.63) is 66.0 Å². The Kier molecular flexibility index (Phi) is 6.42. The smallest absolute Gasteiger partial charge is 0.325 e. The number of hydrogen-bond acceptors (Lipinski definition) is 5. The van der Waals surface area contributed by atoms with Gasteiger partial charge in [0.2, 0.25) is 0 Å². The Hall–Kier alpha value is -2.44. The van der Waals surface area contributed by atoms with Crippen LogP contribution in [0, 0.1) is 11.7 Å². The summed E-state index contributed by atoms with van der Waals surface area (Å²) in [5, 5.41) is 0. The molecule has 0 amide bonds. The molecule has 6 heteroatoms. The molecule has 0 radical (unpaired) electrons. The van der Waals surface area contributed by atoms with E-state index < -0.39 is 24.2 Å². The zero-order valence-electron chi connectivity index (χ0n) is 15.2. The summed E-state index contributed by atoms with van der Waals surface area (Å²) in [5.74, 6) is -0.219. The highest BCUT2D eigenvalue weighted by Crippen LogP contribution is 2.25. The minimum Gasteiger partial charge on any atom is -0.486 e. The fraction of sp³-hybridized carbons (Fsp3) is 0.381. The van der Waals surface area contributed by atoms with Crippen molar-refractivity contribution >= 4 is 5.97 Å². The first-order chi connectivity index (χ1) is 13.0. The van der Waals surface area contributed by atoms with Gasteiger partial charge in [0, 0.05) is 5.92 Å². The molecule has 0 aliphatic carbocycles. The summed E-state index contributed by atoms with van der Waals surface area (Å²) < 4.78 is 30.6. The second-order valence-corrected chi connectivity index (χ2v) is 6.77. The lowest BCUT2D eigenvalue weighted by atomic mass is 9.91. The van der Waals surface area contributed by atoms with Crippen molar-refractivity contribution in [2.45, 2.75) is 31.6 Å². The molecule has 1 heterocycles. The molecule has 2 aromatic carbocycles. The van der Waals surface area contributed by atoms with E-state index in [1.807, 2.05) is 30.3 Å². The van der Waals surface area contributed by atoms with Gasteiger partial charge in [-0.2, -0.15) is 0 Å². The third-order valence-electron chi connectivity index (χ3n) is 4.59. The minimum atomic E-state index is -0.825. The van der Waals surface area contributed by atoms with Crippen molar-refractivity contribution in [3.8, 4) is 5.75 Å². The predicted octanol–water partition coefficient (Wildman–Crippen LogP) is 2.72. The molecule has 1 aliphatic rings.